The molecule has 2 aromatic rings. The van der Waals surface area contributed by atoms with Gasteiger partial charge in [-0.3, -0.25) is 4.98 Å². The number of nitrogens with zero attached hydrogens (tertiary/aromatic N) is 1. The molecule has 1 aromatic carbocycles. The van der Waals surface area contributed by atoms with Crippen LogP contribution < -0.4 is 4.74 Å². The summed E-state index contributed by atoms with van der Waals surface area (Å²) in [6.07, 6.45) is -9.27. The lowest BCUT2D eigenvalue weighted by atomic mass is 10.0. The summed E-state index contributed by atoms with van der Waals surface area (Å²) in [5, 5.41) is 8.91. The number of aromatic nitrogens is 1. The molecule has 128 valence electrons. The largest absolute Gasteiger partial charge is 0.573 e. The average Bonchev–Trinajstić information content (AvgIpc) is 2.44. The third kappa shape index (κ3) is 3.94. The molecule has 4 nitrogen and oxygen atoms in total. The maximum absolute atomic E-state index is 13.2. The van der Waals surface area contributed by atoms with Crippen molar-refractivity contribution < 1.29 is 41.0 Å². The lowest BCUT2D eigenvalue weighted by molar-refractivity contribution is -0.274. The molecule has 0 saturated carbocycles. The van der Waals surface area contributed by atoms with Gasteiger partial charge in [0.05, 0.1) is 16.8 Å². The highest BCUT2D eigenvalue weighted by atomic mass is 19.4. The van der Waals surface area contributed by atoms with Crippen LogP contribution in [0.2, 0.25) is 0 Å². The first-order chi connectivity index (χ1) is 11.0. The molecule has 1 heterocycles. The first kappa shape index (κ1) is 17.6. The Balaban J connectivity index is 2.63. The van der Waals surface area contributed by atoms with Gasteiger partial charge in [0.25, 0.3) is 0 Å². The molecule has 0 bridgehead atoms. The van der Waals surface area contributed by atoms with Crippen molar-refractivity contribution >= 4 is 5.97 Å². The Morgan fingerprint density at radius 1 is 1.08 bits per heavy atom. The summed E-state index contributed by atoms with van der Waals surface area (Å²) < 4.78 is 79.9. The summed E-state index contributed by atoms with van der Waals surface area (Å²) in [5.41, 5.74) is -3.79. The molecule has 0 unspecified atom stereocenters. The van der Waals surface area contributed by atoms with E-state index in [-0.39, 0.29) is 5.56 Å². The maximum atomic E-state index is 13.2. The summed E-state index contributed by atoms with van der Waals surface area (Å²) >= 11 is 0. The van der Waals surface area contributed by atoms with Gasteiger partial charge >= 0.3 is 18.5 Å². The van der Waals surface area contributed by atoms with E-state index in [0.717, 1.165) is 24.4 Å². The van der Waals surface area contributed by atoms with Gasteiger partial charge in [-0.1, -0.05) is 12.1 Å². The second kappa shape index (κ2) is 6.02. The van der Waals surface area contributed by atoms with Crippen LogP contribution in [0.5, 0.6) is 5.75 Å². The summed E-state index contributed by atoms with van der Waals surface area (Å²) in [6, 6.07) is 4.34. The molecular weight excluding hydrogens is 344 g/mol. The number of halogens is 6. The SMILES string of the molecule is O=C(O)c1ccnc(-c2cccc(OC(F)(F)F)c2)c1C(F)(F)F. The Labute approximate surface area is 130 Å². The smallest absolute Gasteiger partial charge is 0.478 e. The highest BCUT2D eigenvalue weighted by Crippen LogP contribution is 2.39. The van der Waals surface area contributed by atoms with Crippen LogP contribution in [-0.2, 0) is 6.18 Å². The number of carboxylic acid groups (broad SMARTS) is 1. The molecule has 0 fully saturated rings. The van der Waals surface area contributed by atoms with E-state index < -0.39 is 41.1 Å². The van der Waals surface area contributed by atoms with Crippen LogP contribution in [0, 0.1) is 0 Å². The molecule has 0 aliphatic heterocycles. The summed E-state index contributed by atoms with van der Waals surface area (Å²) in [7, 11) is 0. The predicted octanol–water partition coefficient (Wildman–Crippen LogP) is 4.36. The van der Waals surface area contributed by atoms with Crippen LogP contribution in [0.1, 0.15) is 15.9 Å². The lowest BCUT2D eigenvalue weighted by Gasteiger charge is -2.15. The zero-order valence-corrected chi connectivity index (χ0v) is 11.4. The number of benzene rings is 1. The Hall–Kier alpha value is -2.78. The first-order valence-electron chi connectivity index (χ1n) is 6.15. The van der Waals surface area contributed by atoms with Gasteiger partial charge in [0.2, 0.25) is 0 Å². The molecule has 0 aliphatic rings. The van der Waals surface area contributed by atoms with E-state index in [4.69, 9.17) is 5.11 Å². The predicted molar refractivity (Wildman–Crippen MR) is 68.3 cm³/mol. The van der Waals surface area contributed by atoms with Gasteiger partial charge in [-0.25, -0.2) is 4.79 Å². The normalized spacial score (nSPS) is 12.1. The van der Waals surface area contributed by atoms with Crippen molar-refractivity contribution in [3.05, 3.63) is 47.7 Å². The molecule has 24 heavy (non-hydrogen) atoms. The quantitative estimate of drug-likeness (QED) is 0.835. The zero-order chi connectivity index (χ0) is 18.1. The Morgan fingerprint density at radius 3 is 2.29 bits per heavy atom. The minimum Gasteiger partial charge on any atom is -0.478 e. The molecule has 0 amide bonds. The van der Waals surface area contributed by atoms with Gasteiger partial charge in [-0.15, -0.1) is 13.2 Å². The summed E-state index contributed by atoms with van der Waals surface area (Å²) in [6.45, 7) is 0. The van der Waals surface area contributed by atoms with E-state index in [1.807, 2.05) is 0 Å². The van der Waals surface area contributed by atoms with Gasteiger partial charge < -0.3 is 9.84 Å². The van der Waals surface area contributed by atoms with Crippen molar-refractivity contribution in [2.24, 2.45) is 0 Å². The zero-order valence-electron chi connectivity index (χ0n) is 11.4. The van der Waals surface area contributed by atoms with Crippen molar-refractivity contribution in [1.82, 2.24) is 4.98 Å². The minimum absolute atomic E-state index is 0.368. The number of hydrogen-bond acceptors (Lipinski definition) is 3. The number of pyridine rings is 1. The molecule has 0 saturated heterocycles. The molecule has 1 N–H and O–H groups in total. The minimum atomic E-state index is -5.07. The fourth-order valence-electron chi connectivity index (χ4n) is 1.99. The van der Waals surface area contributed by atoms with Crippen LogP contribution >= 0.6 is 0 Å². The number of rotatable bonds is 3. The van der Waals surface area contributed by atoms with Crippen LogP contribution in [0.3, 0.4) is 0 Å². The van der Waals surface area contributed by atoms with Crippen LogP contribution in [-0.4, -0.2) is 22.4 Å². The van der Waals surface area contributed by atoms with Crippen molar-refractivity contribution in [3.63, 3.8) is 0 Å². The average molecular weight is 351 g/mol. The lowest BCUT2D eigenvalue weighted by Crippen LogP contribution is -2.17. The second-order valence-electron chi connectivity index (χ2n) is 4.46. The first-order valence-corrected chi connectivity index (χ1v) is 6.15. The van der Waals surface area contributed by atoms with Crippen molar-refractivity contribution in [3.8, 4) is 17.0 Å². The van der Waals surface area contributed by atoms with Gasteiger partial charge in [0.15, 0.2) is 0 Å². The number of carbonyl (C=O) groups is 1. The van der Waals surface area contributed by atoms with Crippen LogP contribution in [0.15, 0.2) is 36.5 Å². The van der Waals surface area contributed by atoms with Crippen molar-refractivity contribution in [1.29, 1.82) is 0 Å². The topological polar surface area (TPSA) is 59.4 Å². The van der Waals surface area contributed by atoms with Gasteiger partial charge in [0.1, 0.15) is 5.75 Å². The molecule has 0 aliphatic carbocycles. The van der Waals surface area contributed by atoms with E-state index in [2.05, 4.69) is 9.72 Å². The van der Waals surface area contributed by atoms with E-state index in [1.54, 1.807) is 0 Å². The third-order valence-corrected chi connectivity index (χ3v) is 2.81. The van der Waals surface area contributed by atoms with Gasteiger partial charge in [0, 0.05) is 11.8 Å². The molecule has 10 heteroatoms. The monoisotopic (exact) mass is 351 g/mol. The number of alkyl halides is 6. The Bertz CT molecular complexity index is 770. The number of ether oxygens (including phenoxy) is 1. The summed E-state index contributed by atoms with van der Waals surface area (Å²) in [5.74, 6) is -2.59. The molecule has 2 rings (SSSR count). The number of carboxylic acids is 1. The van der Waals surface area contributed by atoms with Gasteiger partial charge in [-0.2, -0.15) is 13.2 Å². The van der Waals surface area contributed by atoms with Gasteiger partial charge in [-0.05, 0) is 18.2 Å². The fourth-order valence-corrected chi connectivity index (χ4v) is 1.99. The Kier molecular flexibility index (Phi) is 4.41. The third-order valence-electron chi connectivity index (χ3n) is 2.81. The standard InChI is InChI=1S/C14H7F6NO3/c15-13(16,17)10-9(12(22)23)4-5-21-11(10)7-2-1-3-8(6-7)24-14(18,19)20/h1-6H,(H,22,23). The molecule has 0 spiro atoms. The van der Waals surface area contributed by atoms with E-state index in [0.29, 0.717) is 12.1 Å². The molecule has 1 aromatic heterocycles. The maximum Gasteiger partial charge on any atom is 0.573 e. The molecule has 0 atom stereocenters. The van der Waals surface area contributed by atoms with E-state index in [1.165, 1.54) is 0 Å². The molecular formula is C14H7F6NO3. The van der Waals surface area contributed by atoms with E-state index in [9.17, 15) is 31.1 Å². The molecule has 0 radical (unpaired) electrons. The van der Waals surface area contributed by atoms with Crippen LogP contribution in [0.4, 0.5) is 26.3 Å². The highest BCUT2D eigenvalue weighted by molar-refractivity contribution is 5.91. The fraction of sp³-hybridized carbons (Fsp3) is 0.143. The van der Waals surface area contributed by atoms with Crippen molar-refractivity contribution in [2.45, 2.75) is 12.5 Å². The van der Waals surface area contributed by atoms with Crippen LogP contribution in [0.25, 0.3) is 11.3 Å². The van der Waals surface area contributed by atoms with Crippen molar-refractivity contribution in [2.75, 3.05) is 0 Å². The number of hydrogen-bond donors (Lipinski definition) is 1. The van der Waals surface area contributed by atoms with E-state index >= 15 is 0 Å². The Morgan fingerprint density at radius 2 is 1.75 bits per heavy atom. The summed E-state index contributed by atoms with van der Waals surface area (Å²) in [4.78, 5) is 14.5. The number of aromatic carboxylic acids is 1. The highest BCUT2D eigenvalue weighted by Gasteiger charge is 2.39. The second-order valence-corrected chi connectivity index (χ2v) is 4.46.